The summed E-state index contributed by atoms with van der Waals surface area (Å²) in [6, 6.07) is 0. The summed E-state index contributed by atoms with van der Waals surface area (Å²) in [7, 11) is 0. The van der Waals surface area contributed by atoms with Crippen molar-refractivity contribution in [3.63, 3.8) is 0 Å². The molecule has 1 aliphatic heterocycles. The van der Waals surface area contributed by atoms with Crippen LogP contribution in [0, 0.1) is 5.92 Å². The topological polar surface area (TPSA) is 12.5 Å². The molecule has 0 aromatic rings. The second-order valence-electron chi connectivity index (χ2n) is 3.17. The van der Waals surface area contributed by atoms with E-state index in [9.17, 15) is 0 Å². The van der Waals surface area contributed by atoms with Gasteiger partial charge >= 0.3 is 0 Å². The molecule has 1 unspecified atom stereocenters. The van der Waals surface area contributed by atoms with E-state index in [0.29, 0.717) is 5.92 Å². The first-order valence-electron chi connectivity index (χ1n) is 4.19. The van der Waals surface area contributed by atoms with Gasteiger partial charge in [-0.2, -0.15) is 0 Å². The summed E-state index contributed by atoms with van der Waals surface area (Å²) in [5.41, 5.74) is 0. The molecule has 0 bridgehead atoms. The summed E-state index contributed by atoms with van der Waals surface area (Å²) in [6.07, 6.45) is 0. The zero-order valence-electron chi connectivity index (χ0n) is 7.05. The highest BCUT2D eigenvalue weighted by Crippen LogP contribution is 2.05. The first-order valence-corrected chi connectivity index (χ1v) is 4.72. The van der Waals surface area contributed by atoms with Crippen molar-refractivity contribution in [2.45, 2.75) is 6.92 Å². The number of hydrogen-bond acceptors (Lipinski definition) is 2. The minimum absolute atomic E-state index is 0.653. The maximum absolute atomic E-state index is 5.65. The van der Waals surface area contributed by atoms with E-state index in [1.165, 1.54) is 0 Å². The predicted molar refractivity (Wildman–Crippen MR) is 47.1 cm³/mol. The highest BCUT2D eigenvalue weighted by Gasteiger charge is 2.13. The molecule has 0 saturated carbocycles. The normalized spacial score (nSPS) is 28.4. The number of alkyl halides is 1. The fourth-order valence-electron chi connectivity index (χ4n) is 1.39. The van der Waals surface area contributed by atoms with Gasteiger partial charge in [-0.25, -0.2) is 0 Å². The molecular weight excluding hydrogens is 162 g/mol. The Bertz CT molecular complexity index is 110. The smallest absolute Gasteiger partial charge is 0.0593 e. The molecule has 0 aromatic heterocycles. The average Bonchev–Trinajstić information content (AvgIpc) is 2.15. The lowest BCUT2D eigenvalue weighted by molar-refractivity contribution is 0.126. The summed E-state index contributed by atoms with van der Waals surface area (Å²) < 4.78 is 5.40. The molecule has 0 N–H and O–H groups in total. The molecule has 11 heavy (non-hydrogen) atoms. The lowest BCUT2D eigenvalue weighted by atomic mass is 10.2. The largest absolute Gasteiger partial charge is 0.380 e. The van der Waals surface area contributed by atoms with Crippen molar-refractivity contribution in [1.82, 2.24) is 4.90 Å². The van der Waals surface area contributed by atoms with Crippen LogP contribution in [0.5, 0.6) is 0 Å². The van der Waals surface area contributed by atoms with E-state index in [4.69, 9.17) is 16.3 Å². The second-order valence-corrected chi connectivity index (χ2v) is 3.55. The molecule has 1 atom stereocenters. The van der Waals surface area contributed by atoms with E-state index in [1.807, 2.05) is 0 Å². The van der Waals surface area contributed by atoms with Crippen molar-refractivity contribution >= 4 is 11.6 Å². The van der Waals surface area contributed by atoms with Gasteiger partial charge in [-0.3, -0.25) is 4.90 Å². The Kier molecular flexibility index (Phi) is 4.20. The van der Waals surface area contributed by atoms with E-state index in [2.05, 4.69) is 11.8 Å². The van der Waals surface area contributed by atoms with Gasteiger partial charge in [0.05, 0.1) is 13.2 Å². The van der Waals surface area contributed by atoms with Crippen LogP contribution in [0.15, 0.2) is 0 Å². The van der Waals surface area contributed by atoms with Gasteiger partial charge in [-0.15, -0.1) is 11.6 Å². The Morgan fingerprint density at radius 2 is 2.45 bits per heavy atom. The highest BCUT2D eigenvalue weighted by atomic mass is 35.5. The number of rotatable bonds is 2. The fourth-order valence-corrected chi connectivity index (χ4v) is 1.62. The van der Waals surface area contributed by atoms with Crippen molar-refractivity contribution in [2.75, 3.05) is 38.7 Å². The van der Waals surface area contributed by atoms with Crippen LogP contribution >= 0.6 is 11.6 Å². The Hall–Kier alpha value is 0.210. The first kappa shape index (κ1) is 9.30. The standard InChI is InChI=1S/C8H16ClNO/c1-8-6-10(3-2-9)4-5-11-7-8/h8H,2-7H2,1H3. The minimum atomic E-state index is 0.653. The van der Waals surface area contributed by atoms with E-state index in [1.54, 1.807) is 0 Å². The molecule has 0 aliphatic carbocycles. The Morgan fingerprint density at radius 1 is 1.64 bits per heavy atom. The Labute approximate surface area is 73.5 Å². The molecule has 1 saturated heterocycles. The first-order chi connectivity index (χ1) is 5.33. The lowest BCUT2D eigenvalue weighted by Crippen LogP contribution is -2.30. The molecule has 0 radical (unpaired) electrons. The van der Waals surface area contributed by atoms with Gasteiger partial charge in [0.1, 0.15) is 0 Å². The molecular formula is C8H16ClNO. The Morgan fingerprint density at radius 3 is 3.18 bits per heavy atom. The third-order valence-corrected chi connectivity index (χ3v) is 2.09. The molecule has 0 amide bonds. The number of ether oxygens (including phenoxy) is 1. The number of nitrogens with zero attached hydrogens (tertiary/aromatic N) is 1. The monoisotopic (exact) mass is 177 g/mol. The molecule has 1 rings (SSSR count). The third kappa shape index (κ3) is 3.41. The van der Waals surface area contributed by atoms with Crippen molar-refractivity contribution in [3.8, 4) is 0 Å². The van der Waals surface area contributed by atoms with Gasteiger partial charge in [-0.05, 0) is 5.92 Å². The summed E-state index contributed by atoms with van der Waals surface area (Å²) >= 11 is 5.65. The molecule has 1 heterocycles. The van der Waals surface area contributed by atoms with Gasteiger partial charge in [-0.1, -0.05) is 6.92 Å². The van der Waals surface area contributed by atoms with Crippen molar-refractivity contribution in [2.24, 2.45) is 5.92 Å². The van der Waals surface area contributed by atoms with Crippen LogP contribution in [0.3, 0.4) is 0 Å². The van der Waals surface area contributed by atoms with Gasteiger partial charge in [0.15, 0.2) is 0 Å². The summed E-state index contributed by atoms with van der Waals surface area (Å²) in [5, 5.41) is 0. The van der Waals surface area contributed by atoms with Crippen LogP contribution < -0.4 is 0 Å². The van der Waals surface area contributed by atoms with Crippen LogP contribution in [0.25, 0.3) is 0 Å². The molecule has 1 aliphatic rings. The van der Waals surface area contributed by atoms with Crippen LogP contribution in [-0.4, -0.2) is 43.6 Å². The van der Waals surface area contributed by atoms with Gasteiger partial charge in [0, 0.05) is 25.5 Å². The van der Waals surface area contributed by atoms with E-state index >= 15 is 0 Å². The number of hydrogen-bond donors (Lipinski definition) is 0. The van der Waals surface area contributed by atoms with E-state index in [-0.39, 0.29) is 0 Å². The molecule has 3 heteroatoms. The van der Waals surface area contributed by atoms with Gasteiger partial charge < -0.3 is 4.74 Å². The van der Waals surface area contributed by atoms with Crippen molar-refractivity contribution in [1.29, 1.82) is 0 Å². The van der Waals surface area contributed by atoms with Crippen molar-refractivity contribution in [3.05, 3.63) is 0 Å². The second kappa shape index (κ2) is 4.96. The Balaban J connectivity index is 2.27. The van der Waals surface area contributed by atoms with Gasteiger partial charge in [0.2, 0.25) is 0 Å². The van der Waals surface area contributed by atoms with Crippen LogP contribution in [-0.2, 0) is 4.74 Å². The molecule has 0 aromatic carbocycles. The maximum atomic E-state index is 5.65. The van der Waals surface area contributed by atoms with E-state index < -0.39 is 0 Å². The number of halogens is 1. The van der Waals surface area contributed by atoms with E-state index in [0.717, 1.165) is 38.7 Å². The van der Waals surface area contributed by atoms with Crippen LogP contribution in [0.4, 0.5) is 0 Å². The maximum Gasteiger partial charge on any atom is 0.0593 e. The zero-order chi connectivity index (χ0) is 8.10. The van der Waals surface area contributed by atoms with Crippen LogP contribution in [0.1, 0.15) is 6.92 Å². The summed E-state index contributed by atoms with van der Waals surface area (Å²) in [5.74, 6) is 1.38. The predicted octanol–water partition coefficient (Wildman–Crippen LogP) is 1.19. The fraction of sp³-hybridized carbons (Fsp3) is 1.00. The van der Waals surface area contributed by atoms with Crippen LogP contribution in [0.2, 0.25) is 0 Å². The molecule has 2 nitrogen and oxygen atoms in total. The summed E-state index contributed by atoms with van der Waals surface area (Å²) in [4.78, 5) is 2.37. The average molecular weight is 178 g/mol. The summed E-state index contributed by atoms with van der Waals surface area (Å²) in [6.45, 7) is 7.14. The molecule has 66 valence electrons. The minimum Gasteiger partial charge on any atom is -0.380 e. The molecule has 1 fully saturated rings. The molecule has 0 spiro atoms. The lowest BCUT2D eigenvalue weighted by Gasteiger charge is -2.19. The SMILES string of the molecule is CC1COCCN(CCCl)C1. The zero-order valence-corrected chi connectivity index (χ0v) is 7.81. The third-order valence-electron chi connectivity index (χ3n) is 1.92. The quantitative estimate of drug-likeness (QED) is 0.588. The van der Waals surface area contributed by atoms with Gasteiger partial charge in [0.25, 0.3) is 0 Å². The highest BCUT2D eigenvalue weighted by molar-refractivity contribution is 6.18. The van der Waals surface area contributed by atoms with Crippen molar-refractivity contribution < 1.29 is 4.74 Å².